The third-order valence-corrected chi connectivity index (χ3v) is 22.4. The Morgan fingerprint density at radius 3 is 1.34 bits per heavy atom. The molecule has 0 atom stereocenters. The predicted molar refractivity (Wildman–Crippen MR) is 232 cm³/mol. The number of allylic oxidation sites excluding steroid dienone is 4. The van der Waals surface area contributed by atoms with Gasteiger partial charge in [-0.25, -0.2) is 0 Å². The Morgan fingerprint density at radius 1 is 0.534 bits per heavy atom. The second-order valence-electron chi connectivity index (χ2n) is 19.7. The molecular formula is C49H56Cl2F6Hf. The Bertz CT molecular complexity index is 2220. The third-order valence-electron chi connectivity index (χ3n) is 11.1. The van der Waals surface area contributed by atoms with Gasteiger partial charge < -0.3 is 0 Å². The van der Waals surface area contributed by atoms with Gasteiger partial charge in [-0.05, 0) is 0 Å². The summed E-state index contributed by atoms with van der Waals surface area (Å²) in [5.74, 6) is 0. The predicted octanol–water partition coefficient (Wildman–Crippen LogP) is 14.7. The van der Waals surface area contributed by atoms with Crippen LogP contribution in [-0.4, -0.2) is 3.26 Å². The summed E-state index contributed by atoms with van der Waals surface area (Å²) in [6, 6.07) is 17.8. The number of alkyl halides is 6. The normalized spacial score (nSPS) is 14.3. The first-order valence-corrected chi connectivity index (χ1v) is 24.8. The summed E-state index contributed by atoms with van der Waals surface area (Å²) in [6.07, 6.45) is -1.29. The quantitative estimate of drug-likeness (QED) is 0.124. The van der Waals surface area contributed by atoms with E-state index in [1.54, 1.807) is 0 Å². The van der Waals surface area contributed by atoms with Gasteiger partial charge in [-0.15, -0.1) is 24.8 Å². The van der Waals surface area contributed by atoms with Crippen LogP contribution in [0.5, 0.6) is 0 Å². The van der Waals surface area contributed by atoms with E-state index < -0.39 is 44.4 Å². The van der Waals surface area contributed by atoms with Crippen LogP contribution in [0.2, 0.25) is 0 Å². The molecule has 0 bridgehead atoms. The van der Waals surface area contributed by atoms with Crippen LogP contribution in [0, 0.1) is 0 Å². The number of hydrogen-bond donors (Lipinski definition) is 0. The molecule has 9 heteroatoms. The van der Waals surface area contributed by atoms with Gasteiger partial charge in [0.1, 0.15) is 0 Å². The molecule has 0 unspecified atom stereocenters. The number of halogens is 8. The molecule has 0 fully saturated rings. The van der Waals surface area contributed by atoms with Crippen LogP contribution in [0.3, 0.4) is 0 Å². The van der Waals surface area contributed by atoms with Crippen LogP contribution < -0.4 is 3.32 Å². The molecule has 312 valence electrons. The largest absolute Gasteiger partial charge is 0.147 e. The molecular weight excluding hydrogens is 952 g/mol. The van der Waals surface area contributed by atoms with Crippen molar-refractivity contribution in [3.05, 3.63) is 144 Å². The van der Waals surface area contributed by atoms with Gasteiger partial charge in [-0.1, -0.05) is 0 Å². The fraction of sp³-hybridized carbons (Fsp3) is 0.408. The molecule has 6 rings (SSSR count). The topological polar surface area (TPSA) is 0 Å². The molecule has 4 aromatic rings. The van der Waals surface area contributed by atoms with E-state index in [0.717, 1.165) is 27.5 Å². The molecule has 58 heavy (non-hydrogen) atoms. The van der Waals surface area contributed by atoms with Crippen molar-refractivity contribution in [3.8, 4) is 11.1 Å². The van der Waals surface area contributed by atoms with Gasteiger partial charge in [-0.3, -0.25) is 0 Å². The molecule has 4 aromatic carbocycles. The molecule has 0 nitrogen and oxygen atoms in total. The first kappa shape index (κ1) is 47.9. The molecule has 0 spiro atoms. The first-order chi connectivity index (χ1) is 25.6. The SMILES string of the molecule is CC(C)(C)c1cc2c(cc1C(C)(C)C)-c1cc(C(C)(C)C)c(C(C)(C)C)[c]([Hf]([C]3=CC=CC3)=[C](c3ccc(C(F)(F)F)cc3)c3ccc(C(F)(F)F)cc3)c1C2.Cl.Cl. The summed E-state index contributed by atoms with van der Waals surface area (Å²) in [7, 11) is 0. The van der Waals surface area contributed by atoms with Crippen LogP contribution in [0.4, 0.5) is 26.3 Å². The van der Waals surface area contributed by atoms with Crippen LogP contribution in [0.15, 0.2) is 88.3 Å². The number of rotatable bonds is 4. The zero-order valence-electron chi connectivity index (χ0n) is 35.6. The van der Waals surface area contributed by atoms with Crippen molar-refractivity contribution in [2.24, 2.45) is 0 Å². The monoisotopic (exact) mass is 1010 g/mol. The molecule has 2 aliphatic carbocycles. The molecule has 2 aliphatic rings. The third kappa shape index (κ3) is 9.42. The van der Waals surface area contributed by atoms with Crippen LogP contribution >= 0.6 is 24.8 Å². The first-order valence-electron chi connectivity index (χ1n) is 19.4. The van der Waals surface area contributed by atoms with E-state index in [2.05, 4.69) is 120 Å². The minimum Gasteiger partial charge on any atom is -0.147 e. The summed E-state index contributed by atoms with van der Waals surface area (Å²) < 4.78 is 87.3. The fourth-order valence-electron chi connectivity index (χ4n) is 8.45. The van der Waals surface area contributed by atoms with E-state index in [4.69, 9.17) is 0 Å². The smallest absolute Gasteiger partial charge is 0.147 e. The summed E-state index contributed by atoms with van der Waals surface area (Å²) in [6.45, 7) is 27.0. The van der Waals surface area contributed by atoms with E-state index in [9.17, 15) is 26.3 Å². The Kier molecular flexibility index (Phi) is 13.4. The van der Waals surface area contributed by atoms with E-state index in [1.165, 1.54) is 75.4 Å². The van der Waals surface area contributed by atoms with Crippen LogP contribution in [-0.2, 0) is 61.4 Å². The summed E-state index contributed by atoms with van der Waals surface area (Å²) in [4.78, 5) is 0. The van der Waals surface area contributed by atoms with Crippen LogP contribution in [0.25, 0.3) is 11.1 Å². The molecule has 0 radical (unpaired) electrons. The van der Waals surface area contributed by atoms with Gasteiger partial charge in [0.05, 0.1) is 0 Å². The molecule has 0 aromatic heterocycles. The van der Waals surface area contributed by atoms with Crippen molar-refractivity contribution in [1.29, 1.82) is 0 Å². The summed E-state index contributed by atoms with van der Waals surface area (Å²) in [5, 5.41) is 0. The zero-order chi connectivity index (χ0) is 41.6. The summed E-state index contributed by atoms with van der Waals surface area (Å²) in [5.41, 5.74) is 8.99. The molecule has 0 saturated heterocycles. The Morgan fingerprint density at radius 2 is 0.966 bits per heavy atom. The van der Waals surface area contributed by atoms with Crippen molar-refractivity contribution in [2.75, 3.05) is 0 Å². The van der Waals surface area contributed by atoms with Gasteiger partial charge in [0.15, 0.2) is 0 Å². The van der Waals surface area contributed by atoms with Gasteiger partial charge in [0.25, 0.3) is 0 Å². The van der Waals surface area contributed by atoms with Crippen LogP contribution in [0.1, 0.15) is 145 Å². The minimum atomic E-state index is -4.53. The maximum atomic E-state index is 14.0. The number of benzene rings is 4. The zero-order valence-corrected chi connectivity index (χ0v) is 40.8. The van der Waals surface area contributed by atoms with Crippen molar-refractivity contribution in [2.45, 2.75) is 130 Å². The average molecular weight is 1010 g/mol. The van der Waals surface area contributed by atoms with Crippen molar-refractivity contribution in [3.63, 3.8) is 0 Å². The fourth-order valence-corrected chi connectivity index (χ4v) is 21.6. The Balaban J connectivity index is 0.00000372. The standard InChI is InChI=1S/C29H41.C15H8F6.C5H5.2ClH.Hf/c1-26(2,3)22-14-18-13-19-15-23(27(4,5)6)25(29(10,11)12)17-21(19)20(18)16-24(22)28(7,8)9;16-14(17,18)12-5-1-10(2-6-12)9-11-3-7-13(8-4-11)15(19,20)21;1-2-4-5-3-1;;;/h14,16-17H,13H2,1-12H3;1-8H;1-3H,4H2;2*1H;. The van der Waals surface area contributed by atoms with Gasteiger partial charge >= 0.3 is 339 Å². The molecule has 0 N–H and O–H groups in total. The van der Waals surface area contributed by atoms with Gasteiger partial charge in [0, 0.05) is 0 Å². The maximum Gasteiger partial charge on any atom is -0.147 e. The van der Waals surface area contributed by atoms with Crippen molar-refractivity contribution in [1.82, 2.24) is 0 Å². The van der Waals surface area contributed by atoms with E-state index in [0.29, 0.717) is 24.0 Å². The number of fused-ring (bicyclic) bond motifs is 3. The average Bonchev–Trinajstić information content (AvgIpc) is 3.72. The Labute approximate surface area is 361 Å². The van der Waals surface area contributed by atoms with E-state index >= 15 is 0 Å². The van der Waals surface area contributed by atoms with E-state index in [-0.39, 0.29) is 46.5 Å². The summed E-state index contributed by atoms with van der Waals surface area (Å²) >= 11 is -3.85. The second-order valence-corrected chi connectivity index (χ2v) is 28.3. The Hall–Kier alpha value is -2.74. The molecule has 0 heterocycles. The second kappa shape index (κ2) is 16.3. The minimum absolute atomic E-state index is 0. The number of hydrogen-bond acceptors (Lipinski definition) is 0. The van der Waals surface area contributed by atoms with Crippen molar-refractivity contribution >= 4 is 31.4 Å². The van der Waals surface area contributed by atoms with Gasteiger partial charge in [-0.2, -0.15) is 0 Å². The molecule has 0 saturated carbocycles. The van der Waals surface area contributed by atoms with Gasteiger partial charge in [0.2, 0.25) is 0 Å². The molecule has 0 amide bonds. The molecule has 0 aliphatic heterocycles. The van der Waals surface area contributed by atoms with Crippen molar-refractivity contribution < 1.29 is 47.3 Å². The maximum absolute atomic E-state index is 14.0. The van der Waals surface area contributed by atoms with E-state index in [1.807, 2.05) is 0 Å².